The number of halogens is 1. The van der Waals surface area contributed by atoms with Gasteiger partial charge in [-0.25, -0.2) is 9.37 Å². The van der Waals surface area contributed by atoms with Gasteiger partial charge in [0.05, 0.1) is 0 Å². The third-order valence-corrected chi connectivity index (χ3v) is 4.73. The van der Waals surface area contributed by atoms with E-state index in [1.165, 1.54) is 12.1 Å². The average Bonchev–Trinajstić information content (AvgIpc) is 2.65. The standard InChI is InChI=1S/C20H20FN3O/c21-18-11-13(5-6-19(18)25)17-12-23-20(16-4-2-1-3-15(16)17)24-14-7-9-22-10-8-14/h1-6,11-12,14,22,25H,7-10H2,(H,23,24). The van der Waals surface area contributed by atoms with Crippen molar-refractivity contribution in [2.24, 2.45) is 0 Å². The van der Waals surface area contributed by atoms with Crippen LogP contribution in [0.15, 0.2) is 48.7 Å². The monoisotopic (exact) mass is 337 g/mol. The van der Waals surface area contributed by atoms with Gasteiger partial charge in [0.2, 0.25) is 0 Å². The predicted molar refractivity (Wildman–Crippen MR) is 98.3 cm³/mol. The van der Waals surface area contributed by atoms with Crippen molar-refractivity contribution in [1.29, 1.82) is 0 Å². The molecule has 1 fully saturated rings. The summed E-state index contributed by atoms with van der Waals surface area (Å²) in [5, 5.41) is 18.4. The summed E-state index contributed by atoms with van der Waals surface area (Å²) < 4.78 is 13.8. The fourth-order valence-electron chi connectivity index (χ4n) is 3.37. The quantitative estimate of drug-likeness (QED) is 0.678. The Kier molecular flexibility index (Phi) is 4.24. The van der Waals surface area contributed by atoms with E-state index in [1.807, 2.05) is 24.3 Å². The maximum absolute atomic E-state index is 13.8. The van der Waals surface area contributed by atoms with Gasteiger partial charge < -0.3 is 15.7 Å². The molecule has 4 rings (SSSR count). The Morgan fingerprint density at radius 3 is 2.60 bits per heavy atom. The molecule has 1 aliphatic rings. The molecule has 0 radical (unpaired) electrons. The Morgan fingerprint density at radius 2 is 1.84 bits per heavy atom. The molecule has 0 spiro atoms. The highest BCUT2D eigenvalue weighted by Crippen LogP contribution is 2.33. The van der Waals surface area contributed by atoms with Crippen LogP contribution in [0.5, 0.6) is 5.75 Å². The lowest BCUT2D eigenvalue weighted by atomic mass is 9.99. The molecule has 0 unspecified atom stereocenters. The lowest BCUT2D eigenvalue weighted by Gasteiger charge is -2.25. The molecule has 0 aliphatic carbocycles. The molecule has 2 aromatic carbocycles. The molecule has 3 N–H and O–H groups in total. The van der Waals surface area contributed by atoms with E-state index in [-0.39, 0.29) is 5.75 Å². The molecule has 5 heteroatoms. The summed E-state index contributed by atoms with van der Waals surface area (Å²) in [5.74, 6) is -0.103. The molecule has 0 saturated carbocycles. The molecular weight excluding hydrogens is 317 g/mol. The van der Waals surface area contributed by atoms with E-state index < -0.39 is 5.82 Å². The number of nitrogens with one attached hydrogen (secondary N) is 2. The second kappa shape index (κ2) is 6.69. The SMILES string of the molecule is Oc1ccc(-c2cnc(NC3CCNCC3)c3ccccc23)cc1F. The number of pyridine rings is 1. The minimum atomic E-state index is -0.626. The first-order chi connectivity index (χ1) is 12.2. The second-order valence-corrected chi connectivity index (χ2v) is 6.40. The molecule has 0 atom stereocenters. The van der Waals surface area contributed by atoms with Crippen molar-refractivity contribution in [3.05, 3.63) is 54.5 Å². The van der Waals surface area contributed by atoms with Gasteiger partial charge in [-0.2, -0.15) is 0 Å². The van der Waals surface area contributed by atoms with E-state index in [1.54, 1.807) is 12.3 Å². The lowest BCUT2D eigenvalue weighted by Crippen LogP contribution is -2.35. The molecule has 0 bridgehead atoms. The second-order valence-electron chi connectivity index (χ2n) is 6.40. The molecule has 128 valence electrons. The van der Waals surface area contributed by atoms with E-state index in [9.17, 15) is 9.50 Å². The van der Waals surface area contributed by atoms with Crippen LogP contribution in [0.2, 0.25) is 0 Å². The Hall–Kier alpha value is -2.66. The summed E-state index contributed by atoms with van der Waals surface area (Å²) in [5.41, 5.74) is 1.55. The Labute approximate surface area is 145 Å². The first-order valence-corrected chi connectivity index (χ1v) is 8.56. The molecule has 0 amide bonds. The number of hydrogen-bond donors (Lipinski definition) is 3. The van der Waals surface area contributed by atoms with Crippen molar-refractivity contribution in [2.75, 3.05) is 18.4 Å². The normalized spacial score (nSPS) is 15.4. The van der Waals surface area contributed by atoms with Crippen LogP contribution in [0.3, 0.4) is 0 Å². The fraction of sp³-hybridized carbons (Fsp3) is 0.250. The van der Waals surface area contributed by atoms with Gasteiger partial charge in [0.25, 0.3) is 0 Å². The van der Waals surface area contributed by atoms with Gasteiger partial charge in [-0.1, -0.05) is 30.3 Å². The summed E-state index contributed by atoms with van der Waals surface area (Å²) in [6.07, 6.45) is 3.92. The van der Waals surface area contributed by atoms with Gasteiger partial charge in [-0.3, -0.25) is 0 Å². The van der Waals surface area contributed by atoms with Crippen molar-refractivity contribution in [1.82, 2.24) is 10.3 Å². The van der Waals surface area contributed by atoms with Crippen molar-refractivity contribution in [3.63, 3.8) is 0 Å². The van der Waals surface area contributed by atoms with Crippen molar-refractivity contribution in [3.8, 4) is 16.9 Å². The molecule has 25 heavy (non-hydrogen) atoms. The molecule has 1 saturated heterocycles. The number of phenolic OH excluding ortho intramolecular Hbond substituents is 1. The molecule has 4 nitrogen and oxygen atoms in total. The maximum Gasteiger partial charge on any atom is 0.165 e. The first kappa shape index (κ1) is 15.8. The van der Waals surface area contributed by atoms with Gasteiger partial charge >= 0.3 is 0 Å². The van der Waals surface area contributed by atoms with Crippen LogP contribution in [-0.2, 0) is 0 Å². The Morgan fingerprint density at radius 1 is 1.08 bits per heavy atom. The van der Waals surface area contributed by atoms with Gasteiger partial charge in [0.1, 0.15) is 5.82 Å². The summed E-state index contributed by atoms with van der Waals surface area (Å²) in [7, 11) is 0. The number of benzene rings is 2. The minimum Gasteiger partial charge on any atom is -0.505 e. The highest BCUT2D eigenvalue weighted by Gasteiger charge is 2.16. The van der Waals surface area contributed by atoms with E-state index in [2.05, 4.69) is 15.6 Å². The number of hydrogen-bond acceptors (Lipinski definition) is 4. The van der Waals surface area contributed by atoms with Crippen LogP contribution in [0.25, 0.3) is 21.9 Å². The largest absolute Gasteiger partial charge is 0.505 e. The smallest absolute Gasteiger partial charge is 0.165 e. The highest BCUT2D eigenvalue weighted by molar-refractivity contribution is 6.01. The number of aromatic hydroxyl groups is 1. The summed E-state index contributed by atoms with van der Waals surface area (Å²) in [6.45, 7) is 2.03. The van der Waals surface area contributed by atoms with Crippen LogP contribution in [0.1, 0.15) is 12.8 Å². The van der Waals surface area contributed by atoms with Gasteiger partial charge in [0.15, 0.2) is 11.6 Å². The van der Waals surface area contributed by atoms with Crippen LogP contribution >= 0.6 is 0 Å². The van der Waals surface area contributed by atoms with Gasteiger partial charge in [0, 0.05) is 23.2 Å². The molecule has 2 heterocycles. The zero-order valence-corrected chi connectivity index (χ0v) is 13.8. The Balaban J connectivity index is 1.77. The van der Waals surface area contributed by atoms with Gasteiger partial charge in [-0.05, 0) is 49.0 Å². The van der Waals surface area contributed by atoms with Crippen LogP contribution < -0.4 is 10.6 Å². The topological polar surface area (TPSA) is 57.2 Å². The number of aromatic nitrogens is 1. The van der Waals surface area contributed by atoms with E-state index in [0.29, 0.717) is 11.6 Å². The molecular formula is C20H20FN3O. The Bertz CT molecular complexity index is 907. The third kappa shape index (κ3) is 3.15. The third-order valence-electron chi connectivity index (χ3n) is 4.73. The van der Waals surface area contributed by atoms with Gasteiger partial charge in [-0.15, -0.1) is 0 Å². The lowest BCUT2D eigenvalue weighted by molar-refractivity contribution is 0.432. The number of anilines is 1. The number of fused-ring (bicyclic) bond motifs is 1. The molecule has 1 aliphatic heterocycles. The first-order valence-electron chi connectivity index (χ1n) is 8.56. The molecule has 3 aromatic rings. The van der Waals surface area contributed by atoms with E-state index >= 15 is 0 Å². The summed E-state index contributed by atoms with van der Waals surface area (Å²) >= 11 is 0. The van der Waals surface area contributed by atoms with Crippen LogP contribution in [0.4, 0.5) is 10.2 Å². The zero-order valence-electron chi connectivity index (χ0n) is 13.8. The van der Waals surface area contributed by atoms with Crippen LogP contribution in [-0.4, -0.2) is 29.2 Å². The highest BCUT2D eigenvalue weighted by atomic mass is 19.1. The number of nitrogens with zero attached hydrogens (tertiary/aromatic N) is 1. The number of phenols is 1. The molecule has 1 aromatic heterocycles. The summed E-state index contributed by atoms with van der Waals surface area (Å²) in [6, 6.07) is 12.8. The fourth-order valence-corrected chi connectivity index (χ4v) is 3.37. The van der Waals surface area contributed by atoms with Crippen LogP contribution in [0, 0.1) is 5.82 Å². The predicted octanol–water partition coefficient (Wildman–Crippen LogP) is 3.91. The summed E-state index contributed by atoms with van der Waals surface area (Å²) in [4.78, 5) is 4.61. The van der Waals surface area contributed by atoms with Crippen molar-refractivity contribution < 1.29 is 9.50 Å². The van der Waals surface area contributed by atoms with Crippen molar-refractivity contribution >= 4 is 16.6 Å². The number of rotatable bonds is 3. The van der Waals surface area contributed by atoms with E-state index in [0.717, 1.165) is 48.1 Å². The van der Waals surface area contributed by atoms with Crippen molar-refractivity contribution in [2.45, 2.75) is 18.9 Å². The zero-order chi connectivity index (χ0) is 17.2. The number of piperidine rings is 1. The maximum atomic E-state index is 13.8. The minimum absolute atomic E-state index is 0.342. The average molecular weight is 337 g/mol. The van der Waals surface area contributed by atoms with E-state index in [4.69, 9.17) is 0 Å².